The summed E-state index contributed by atoms with van der Waals surface area (Å²) in [7, 11) is 0. The molecule has 2 amide bonds. The lowest BCUT2D eigenvalue weighted by molar-refractivity contribution is -0.122. The van der Waals surface area contributed by atoms with Gasteiger partial charge in [-0.1, -0.05) is 31.2 Å². The highest BCUT2D eigenvalue weighted by Crippen LogP contribution is 2.34. The molecule has 0 aliphatic carbocycles. The molecule has 1 heterocycles. The molecule has 1 fully saturated rings. The molecule has 0 radical (unpaired) electrons. The molecule has 0 bridgehead atoms. The summed E-state index contributed by atoms with van der Waals surface area (Å²) in [5, 5.41) is 2.93. The van der Waals surface area contributed by atoms with Crippen LogP contribution in [0.5, 0.6) is 5.75 Å². The average molecular weight is 366 g/mol. The third-order valence-corrected chi connectivity index (χ3v) is 4.64. The van der Waals surface area contributed by atoms with Crippen LogP contribution >= 0.6 is 0 Å². The van der Waals surface area contributed by atoms with Gasteiger partial charge in [-0.2, -0.15) is 0 Å². The number of nitrogens with zero attached hydrogens (tertiary/aromatic N) is 1. The Morgan fingerprint density at radius 2 is 1.89 bits per heavy atom. The fourth-order valence-electron chi connectivity index (χ4n) is 3.22. The minimum atomic E-state index is -0.379. The van der Waals surface area contributed by atoms with E-state index in [1.54, 1.807) is 4.90 Å². The van der Waals surface area contributed by atoms with Gasteiger partial charge in [0.25, 0.3) is 0 Å². The second-order valence-corrected chi connectivity index (χ2v) is 7.08. The number of carbonyl (C=O) groups is 2. The maximum atomic E-state index is 12.6. The van der Waals surface area contributed by atoms with Crippen molar-refractivity contribution in [1.29, 1.82) is 0 Å². The van der Waals surface area contributed by atoms with Crippen LogP contribution in [0.25, 0.3) is 0 Å². The highest BCUT2D eigenvalue weighted by molar-refractivity contribution is 6.04. The van der Waals surface area contributed by atoms with E-state index in [0.717, 1.165) is 17.8 Å². The third-order valence-electron chi connectivity index (χ3n) is 4.64. The number of anilines is 2. The summed E-state index contributed by atoms with van der Waals surface area (Å²) >= 11 is 0. The summed E-state index contributed by atoms with van der Waals surface area (Å²) < 4.78 is 5.82. The van der Waals surface area contributed by atoms with Gasteiger partial charge in [0.05, 0.1) is 17.7 Å². The Morgan fingerprint density at radius 3 is 2.56 bits per heavy atom. The molecular formula is C22H26N2O3. The first-order chi connectivity index (χ1) is 13.0. The van der Waals surface area contributed by atoms with Crippen molar-refractivity contribution >= 4 is 23.2 Å². The third kappa shape index (κ3) is 4.48. The fraction of sp³-hybridized carbons (Fsp3) is 0.364. The van der Waals surface area contributed by atoms with Crippen molar-refractivity contribution in [1.82, 2.24) is 0 Å². The Labute approximate surface area is 160 Å². The van der Waals surface area contributed by atoms with Crippen LogP contribution in [0, 0.1) is 5.92 Å². The van der Waals surface area contributed by atoms with Crippen molar-refractivity contribution in [3.05, 3.63) is 54.1 Å². The number of benzene rings is 2. The Balaban J connectivity index is 1.70. The van der Waals surface area contributed by atoms with Gasteiger partial charge in [-0.25, -0.2) is 0 Å². The zero-order valence-electron chi connectivity index (χ0n) is 16.1. The van der Waals surface area contributed by atoms with Crippen molar-refractivity contribution in [2.75, 3.05) is 16.8 Å². The maximum Gasteiger partial charge on any atom is 0.229 e. The highest BCUT2D eigenvalue weighted by Gasteiger charge is 2.36. The number of rotatable bonds is 6. The van der Waals surface area contributed by atoms with Gasteiger partial charge < -0.3 is 15.0 Å². The normalized spacial score (nSPS) is 16.7. The summed E-state index contributed by atoms with van der Waals surface area (Å²) in [6.07, 6.45) is 1.17. The van der Waals surface area contributed by atoms with Crippen LogP contribution < -0.4 is 15.0 Å². The van der Waals surface area contributed by atoms with Crippen molar-refractivity contribution in [2.24, 2.45) is 5.92 Å². The van der Waals surface area contributed by atoms with Gasteiger partial charge in [-0.15, -0.1) is 0 Å². The molecule has 1 N–H and O–H groups in total. The lowest BCUT2D eigenvalue weighted by Gasteiger charge is -2.21. The Kier molecular flexibility index (Phi) is 5.79. The molecule has 1 aliphatic rings. The van der Waals surface area contributed by atoms with Crippen LogP contribution in [-0.4, -0.2) is 24.5 Å². The number of hydrogen-bond acceptors (Lipinski definition) is 3. The molecule has 1 unspecified atom stereocenters. The minimum absolute atomic E-state index is 0.00837. The van der Waals surface area contributed by atoms with Gasteiger partial charge in [0.1, 0.15) is 5.75 Å². The zero-order chi connectivity index (χ0) is 19.4. The Bertz CT molecular complexity index is 815. The van der Waals surface area contributed by atoms with Crippen LogP contribution in [0.1, 0.15) is 32.8 Å². The fourth-order valence-corrected chi connectivity index (χ4v) is 3.22. The van der Waals surface area contributed by atoms with Gasteiger partial charge in [-0.3, -0.25) is 9.59 Å². The monoisotopic (exact) mass is 366 g/mol. The SMILES string of the molecule is CCc1ccc(NC(=O)C2CC(=O)N(c3ccccc3OC(C)C)C2)cc1. The van der Waals surface area contributed by atoms with Gasteiger partial charge in [-0.05, 0) is 50.1 Å². The number of amides is 2. The van der Waals surface area contributed by atoms with Gasteiger partial charge >= 0.3 is 0 Å². The zero-order valence-corrected chi connectivity index (χ0v) is 16.1. The van der Waals surface area contributed by atoms with E-state index in [-0.39, 0.29) is 30.3 Å². The van der Waals surface area contributed by atoms with E-state index < -0.39 is 0 Å². The molecule has 1 saturated heterocycles. The van der Waals surface area contributed by atoms with E-state index in [2.05, 4.69) is 12.2 Å². The second-order valence-electron chi connectivity index (χ2n) is 7.08. The Hall–Kier alpha value is -2.82. The van der Waals surface area contributed by atoms with E-state index in [0.29, 0.717) is 12.3 Å². The van der Waals surface area contributed by atoms with Crippen LogP contribution in [0.3, 0.4) is 0 Å². The standard InChI is InChI=1S/C22H26N2O3/c1-4-16-9-11-18(12-10-16)23-22(26)17-13-21(25)24(14-17)19-7-5-6-8-20(19)27-15(2)3/h5-12,15,17H,4,13-14H2,1-3H3,(H,23,26). The van der Waals surface area contributed by atoms with E-state index >= 15 is 0 Å². The predicted molar refractivity (Wildman–Crippen MR) is 107 cm³/mol. The largest absolute Gasteiger partial charge is 0.489 e. The number of hydrogen-bond donors (Lipinski definition) is 1. The quantitative estimate of drug-likeness (QED) is 0.840. The second kappa shape index (κ2) is 8.25. The lowest BCUT2D eigenvalue weighted by atomic mass is 10.1. The van der Waals surface area contributed by atoms with Gasteiger partial charge in [0, 0.05) is 18.7 Å². The first-order valence-corrected chi connectivity index (χ1v) is 9.43. The van der Waals surface area contributed by atoms with E-state index in [1.165, 1.54) is 5.56 Å². The molecule has 2 aromatic carbocycles. The number of para-hydroxylation sites is 2. The predicted octanol–water partition coefficient (Wildman–Crippen LogP) is 4.03. The maximum absolute atomic E-state index is 12.6. The molecule has 0 aromatic heterocycles. The molecule has 0 saturated carbocycles. The van der Waals surface area contributed by atoms with Gasteiger partial charge in [0.15, 0.2) is 0 Å². The topological polar surface area (TPSA) is 58.6 Å². The van der Waals surface area contributed by atoms with E-state index in [9.17, 15) is 9.59 Å². The molecule has 142 valence electrons. The summed E-state index contributed by atoms with van der Waals surface area (Å²) in [6.45, 7) is 6.34. The van der Waals surface area contributed by atoms with E-state index in [4.69, 9.17) is 4.74 Å². The molecule has 1 aliphatic heterocycles. The molecule has 5 nitrogen and oxygen atoms in total. The molecule has 3 rings (SSSR count). The molecule has 1 atom stereocenters. The molecule has 27 heavy (non-hydrogen) atoms. The van der Waals surface area contributed by atoms with Crippen molar-refractivity contribution in [3.8, 4) is 5.75 Å². The molecule has 0 spiro atoms. The number of carbonyl (C=O) groups excluding carboxylic acids is 2. The number of aryl methyl sites for hydroxylation is 1. The van der Waals surface area contributed by atoms with Crippen molar-refractivity contribution < 1.29 is 14.3 Å². The first-order valence-electron chi connectivity index (χ1n) is 9.43. The first kappa shape index (κ1) is 19.0. The lowest BCUT2D eigenvalue weighted by Crippen LogP contribution is -2.28. The molecular weight excluding hydrogens is 340 g/mol. The van der Waals surface area contributed by atoms with Crippen LogP contribution in [0.4, 0.5) is 11.4 Å². The smallest absolute Gasteiger partial charge is 0.229 e. The average Bonchev–Trinajstić information content (AvgIpc) is 3.04. The van der Waals surface area contributed by atoms with Crippen molar-refractivity contribution in [2.45, 2.75) is 39.7 Å². The summed E-state index contributed by atoms with van der Waals surface area (Å²) in [6, 6.07) is 15.3. The summed E-state index contributed by atoms with van der Waals surface area (Å²) in [4.78, 5) is 26.8. The van der Waals surface area contributed by atoms with Gasteiger partial charge in [0.2, 0.25) is 11.8 Å². The summed E-state index contributed by atoms with van der Waals surface area (Å²) in [5.74, 6) is 0.0983. The Morgan fingerprint density at radius 1 is 1.19 bits per heavy atom. The minimum Gasteiger partial charge on any atom is -0.489 e. The summed E-state index contributed by atoms with van der Waals surface area (Å²) in [5.41, 5.74) is 2.70. The van der Waals surface area contributed by atoms with Crippen LogP contribution in [0.2, 0.25) is 0 Å². The van der Waals surface area contributed by atoms with E-state index in [1.807, 2.05) is 62.4 Å². The van der Waals surface area contributed by atoms with Crippen LogP contribution in [0.15, 0.2) is 48.5 Å². The molecule has 2 aromatic rings. The molecule has 5 heteroatoms. The number of ether oxygens (including phenoxy) is 1. The van der Waals surface area contributed by atoms with Crippen molar-refractivity contribution in [3.63, 3.8) is 0 Å². The number of nitrogens with one attached hydrogen (secondary N) is 1. The van der Waals surface area contributed by atoms with Crippen LogP contribution in [-0.2, 0) is 16.0 Å². The highest BCUT2D eigenvalue weighted by atomic mass is 16.5.